The Morgan fingerprint density at radius 1 is 1.06 bits per heavy atom. The zero-order valence-corrected chi connectivity index (χ0v) is 18.2. The molecular weight excluding hydrogens is 412 g/mol. The van der Waals surface area contributed by atoms with Crippen LogP contribution in [0.25, 0.3) is 22.5 Å². The molecule has 9 heteroatoms. The van der Waals surface area contributed by atoms with Crippen molar-refractivity contribution in [2.24, 2.45) is 0 Å². The maximum Gasteiger partial charge on any atom is 0.407 e. The number of pyridine rings is 1. The number of benzene rings is 1. The van der Waals surface area contributed by atoms with Crippen molar-refractivity contribution in [2.75, 3.05) is 6.54 Å². The lowest BCUT2D eigenvalue weighted by molar-refractivity contribution is 0.0525. The van der Waals surface area contributed by atoms with Gasteiger partial charge in [-0.1, -0.05) is 24.3 Å². The van der Waals surface area contributed by atoms with E-state index in [0.29, 0.717) is 17.0 Å². The molecule has 0 saturated carbocycles. The van der Waals surface area contributed by atoms with Crippen LogP contribution in [0.3, 0.4) is 0 Å². The standard InChI is InChI=1S/C23H26N4O5/c1-23(2,3)32-22(31)25-10-11-27-20(21(29)30)13-19(26-27)17-8-9-24-18(12-17)16-6-4-15(14-28)5-7-16/h4-9,12-13,28H,10-11,14H2,1-3H3,(H,25,31)(H,29,30). The molecule has 0 atom stereocenters. The van der Waals surface area contributed by atoms with Gasteiger partial charge in [-0.2, -0.15) is 5.10 Å². The molecule has 3 N–H and O–H groups in total. The first-order valence-corrected chi connectivity index (χ1v) is 10.1. The summed E-state index contributed by atoms with van der Waals surface area (Å²) < 4.78 is 6.52. The Kier molecular flexibility index (Phi) is 6.89. The van der Waals surface area contributed by atoms with Gasteiger partial charge >= 0.3 is 12.1 Å². The second-order valence-corrected chi connectivity index (χ2v) is 8.16. The number of hydrogen-bond donors (Lipinski definition) is 3. The van der Waals surface area contributed by atoms with E-state index in [-0.39, 0.29) is 25.4 Å². The van der Waals surface area contributed by atoms with Crippen molar-refractivity contribution < 1.29 is 24.5 Å². The molecule has 3 rings (SSSR count). The topological polar surface area (TPSA) is 127 Å². The van der Waals surface area contributed by atoms with Crippen molar-refractivity contribution in [3.05, 3.63) is 59.9 Å². The fourth-order valence-corrected chi connectivity index (χ4v) is 3.01. The molecule has 2 aromatic heterocycles. The molecule has 1 amide bonds. The van der Waals surface area contributed by atoms with Crippen LogP contribution >= 0.6 is 0 Å². The number of aliphatic hydroxyl groups is 1. The normalized spacial score (nSPS) is 11.2. The van der Waals surface area contributed by atoms with E-state index in [1.807, 2.05) is 30.3 Å². The van der Waals surface area contributed by atoms with Crippen molar-refractivity contribution in [3.8, 4) is 22.5 Å². The van der Waals surface area contributed by atoms with Gasteiger partial charge in [0.1, 0.15) is 11.3 Å². The number of carbonyl (C=O) groups excluding carboxylic acids is 1. The molecular formula is C23H26N4O5. The summed E-state index contributed by atoms with van der Waals surface area (Å²) in [6.07, 6.45) is 1.06. The third kappa shape index (κ3) is 5.92. The van der Waals surface area contributed by atoms with Crippen LogP contribution < -0.4 is 5.32 Å². The van der Waals surface area contributed by atoms with Crippen molar-refractivity contribution in [1.29, 1.82) is 0 Å². The number of nitrogens with zero attached hydrogens (tertiary/aromatic N) is 3. The van der Waals surface area contributed by atoms with Crippen molar-refractivity contribution in [2.45, 2.75) is 39.5 Å². The summed E-state index contributed by atoms with van der Waals surface area (Å²) in [5.74, 6) is -1.12. The van der Waals surface area contributed by atoms with Crippen LogP contribution in [0.15, 0.2) is 48.7 Å². The van der Waals surface area contributed by atoms with Gasteiger partial charge in [-0.15, -0.1) is 0 Å². The fourth-order valence-electron chi connectivity index (χ4n) is 3.01. The van der Waals surface area contributed by atoms with Gasteiger partial charge in [-0.3, -0.25) is 9.67 Å². The highest BCUT2D eigenvalue weighted by Gasteiger charge is 2.18. The van der Waals surface area contributed by atoms with Gasteiger partial charge in [-0.05, 0) is 44.5 Å². The summed E-state index contributed by atoms with van der Waals surface area (Å²) in [6, 6.07) is 12.4. The van der Waals surface area contributed by atoms with Crippen LogP contribution in [0, 0.1) is 0 Å². The van der Waals surface area contributed by atoms with E-state index in [4.69, 9.17) is 4.74 Å². The van der Waals surface area contributed by atoms with Gasteiger partial charge in [0.15, 0.2) is 0 Å². The smallest absolute Gasteiger partial charge is 0.407 e. The molecule has 0 aliphatic carbocycles. The summed E-state index contributed by atoms with van der Waals surface area (Å²) in [5.41, 5.74) is 2.95. The van der Waals surface area contributed by atoms with Gasteiger partial charge in [-0.25, -0.2) is 9.59 Å². The molecule has 0 radical (unpaired) electrons. The number of aromatic nitrogens is 3. The van der Waals surface area contributed by atoms with E-state index < -0.39 is 17.7 Å². The van der Waals surface area contributed by atoms with Gasteiger partial charge < -0.3 is 20.3 Å². The maximum atomic E-state index is 11.8. The summed E-state index contributed by atoms with van der Waals surface area (Å²) in [7, 11) is 0. The summed E-state index contributed by atoms with van der Waals surface area (Å²) in [5, 5.41) is 25.8. The largest absolute Gasteiger partial charge is 0.477 e. The van der Waals surface area contributed by atoms with Crippen LogP contribution in [-0.2, 0) is 17.9 Å². The molecule has 0 fully saturated rings. The van der Waals surface area contributed by atoms with Crippen LogP contribution in [0.1, 0.15) is 36.8 Å². The number of carboxylic acids is 1. The number of ether oxygens (including phenoxy) is 1. The number of alkyl carbamates (subject to hydrolysis) is 1. The van der Waals surface area contributed by atoms with Gasteiger partial charge in [0.2, 0.25) is 0 Å². The maximum absolute atomic E-state index is 11.8. The SMILES string of the molecule is CC(C)(C)OC(=O)NCCn1nc(-c2ccnc(-c3ccc(CO)cc3)c2)cc1C(=O)O. The molecule has 0 spiro atoms. The van der Waals surface area contributed by atoms with E-state index >= 15 is 0 Å². The highest BCUT2D eigenvalue weighted by Crippen LogP contribution is 2.25. The first kappa shape index (κ1) is 23.0. The zero-order valence-electron chi connectivity index (χ0n) is 18.2. The Balaban J connectivity index is 1.78. The van der Waals surface area contributed by atoms with Gasteiger partial charge in [0, 0.05) is 23.9 Å². The number of hydrogen-bond acceptors (Lipinski definition) is 6. The minimum Gasteiger partial charge on any atom is -0.477 e. The fraction of sp³-hybridized carbons (Fsp3) is 0.304. The van der Waals surface area contributed by atoms with E-state index in [1.54, 1.807) is 33.0 Å². The molecule has 1 aromatic carbocycles. The molecule has 0 aliphatic rings. The Bertz CT molecular complexity index is 1100. The predicted octanol–water partition coefficient (Wildman–Crippen LogP) is 3.33. The first-order chi connectivity index (χ1) is 15.2. The lowest BCUT2D eigenvalue weighted by atomic mass is 10.1. The average Bonchev–Trinajstić information content (AvgIpc) is 3.17. The van der Waals surface area contributed by atoms with Crippen molar-refractivity contribution >= 4 is 12.1 Å². The van der Waals surface area contributed by atoms with E-state index in [0.717, 1.165) is 11.1 Å². The predicted molar refractivity (Wildman–Crippen MR) is 118 cm³/mol. The van der Waals surface area contributed by atoms with Crippen LogP contribution in [0.2, 0.25) is 0 Å². The lowest BCUT2D eigenvalue weighted by Gasteiger charge is -2.19. The molecule has 0 bridgehead atoms. The Morgan fingerprint density at radius 3 is 2.41 bits per heavy atom. The zero-order chi connectivity index (χ0) is 23.3. The third-order valence-corrected chi connectivity index (χ3v) is 4.48. The second-order valence-electron chi connectivity index (χ2n) is 8.16. The number of carbonyl (C=O) groups is 2. The third-order valence-electron chi connectivity index (χ3n) is 4.48. The highest BCUT2D eigenvalue weighted by molar-refractivity contribution is 5.87. The second kappa shape index (κ2) is 9.61. The van der Waals surface area contributed by atoms with Gasteiger partial charge in [0.25, 0.3) is 0 Å². The van der Waals surface area contributed by atoms with E-state index in [1.165, 1.54) is 10.7 Å². The summed E-state index contributed by atoms with van der Waals surface area (Å²) in [4.78, 5) is 27.9. The molecule has 2 heterocycles. The molecule has 9 nitrogen and oxygen atoms in total. The number of aromatic carboxylic acids is 1. The van der Waals surface area contributed by atoms with Crippen molar-refractivity contribution in [3.63, 3.8) is 0 Å². The van der Waals surface area contributed by atoms with Crippen LogP contribution in [0.5, 0.6) is 0 Å². The lowest BCUT2D eigenvalue weighted by Crippen LogP contribution is -2.34. The highest BCUT2D eigenvalue weighted by atomic mass is 16.6. The monoisotopic (exact) mass is 438 g/mol. The number of amides is 1. The van der Waals surface area contributed by atoms with Crippen LogP contribution in [0.4, 0.5) is 4.79 Å². The van der Waals surface area contributed by atoms with E-state index in [2.05, 4.69) is 15.4 Å². The summed E-state index contributed by atoms with van der Waals surface area (Å²) >= 11 is 0. The molecule has 3 aromatic rings. The number of nitrogens with one attached hydrogen (secondary N) is 1. The minimum absolute atomic E-state index is 0.0108. The Labute approximate surface area is 185 Å². The first-order valence-electron chi connectivity index (χ1n) is 10.1. The molecule has 0 unspecified atom stereocenters. The van der Waals surface area contributed by atoms with Crippen molar-refractivity contribution in [1.82, 2.24) is 20.1 Å². The van der Waals surface area contributed by atoms with Gasteiger partial charge in [0.05, 0.1) is 24.5 Å². The molecule has 32 heavy (non-hydrogen) atoms. The quantitative estimate of drug-likeness (QED) is 0.516. The number of aliphatic hydroxyl groups excluding tert-OH is 1. The molecule has 0 saturated heterocycles. The van der Waals surface area contributed by atoms with Crippen LogP contribution in [-0.4, -0.2) is 49.2 Å². The summed E-state index contributed by atoms with van der Waals surface area (Å²) in [6.45, 7) is 5.58. The Morgan fingerprint density at radius 2 is 1.78 bits per heavy atom. The average molecular weight is 438 g/mol. The van der Waals surface area contributed by atoms with E-state index in [9.17, 15) is 19.8 Å². The number of carboxylic acid groups (broad SMARTS) is 1. The molecule has 0 aliphatic heterocycles. The molecule has 168 valence electrons. The number of rotatable bonds is 7. The Hall–Kier alpha value is -3.72. The minimum atomic E-state index is -1.12.